The van der Waals surface area contributed by atoms with Gasteiger partial charge in [-0.3, -0.25) is 4.90 Å². The molecular weight excluding hydrogens is 348 g/mol. The Bertz CT molecular complexity index is 814. The van der Waals surface area contributed by atoms with Gasteiger partial charge in [0.25, 0.3) is 0 Å². The summed E-state index contributed by atoms with van der Waals surface area (Å²) in [6.07, 6.45) is 0. The molecule has 138 valence electrons. The van der Waals surface area contributed by atoms with Crippen molar-refractivity contribution < 1.29 is 14.0 Å². The second kappa shape index (κ2) is 8.87. The second-order valence-corrected chi connectivity index (χ2v) is 7.12. The molecule has 0 saturated heterocycles. The standard InChI is InChI=1S/C20H24N2O3S/c1-4-22(13-17-10-15(2)25-21-17)12-16-7-8-19(20(11-16)23-3)24-14-18-6-5-9-26-18/h5-11H,4,12-14H2,1-3H3. The van der Waals surface area contributed by atoms with Crippen LogP contribution in [0.4, 0.5) is 0 Å². The quantitative estimate of drug-likeness (QED) is 0.547. The molecule has 0 saturated carbocycles. The van der Waals surface area contributed by atoms with Gasteiger partial charge in [-0.25, -0.2) is 0 Å². The molecule has 0 aliphatic rings. The highest BCUT2D eigenvalue weighted by atomic mass is 32.1. The molecule has 0 N–H and O–H groups in total. The summed E-state index contributed by atoms with van der Waals surface area (Å²) in [7, 11) is 1.67. The monoisotopic (exact) mass is 372 g/mol. The zero-order chi connectivity index (χ0) is 18.4. The SMILES string of the molecule is CCN(Cc1ccc(OCc2cccs2)c(OC)c1)Cc1cc(C)on1. The van der Waals surface area contributed by atoms with Crippen LogP contribution < -0.4 is 9.47 Å². The molecule has 0 bridgehead atoms. The maximum atomic E-state index is 5.91. The number of ether oxygens (including phenoxy) is 2. The molecule has 3 rings (SSSR count). The Labute approximate surface area is 158 Å². The largest absolute Gasteiger partial charge is 0.493 e. The van der Waals surface area contributed by atoms with Crippen molar-refractivity contribution in [3.8, 4) is 11.5 Å². The predicted molar refractivity (Wildman–Crippen MR) is 103 cm³/mol. The van der Waals surface area contributed by atoms with Crippen LogP contribution in [0.5, 0.6) is 11.5 Å². The van der Waals surface area contributed by atoms with E-state index >= 15 is 0 Å². The first-order chi connectivity index (χ1) is 12.7. The van der Waals surface area contributed by atoms with Gasteiger partial charge < -0.3 is 14.0 Å². The van der Waals surface area contributed by atoms with Crippen molar-refractivity contribution in [3.05, 3.63) is 63.7 Å². The first-order valence-electron chi connectivity index (χ1n) is 8.64. The molecule has 0 radical (unpaired) electrons. The average Bonchev–Trinajstić information content (AvgIpc) is 3.31. The van der Waals surface area contributed by atoms with Gasteiger partial charge in [0.1, 0.15) is 12.4 Å². The number of nitrogens with zero attached hydrogens (tertiary/aromatic N) is 2. The van der Waals surface area contributed by atoms with Crippen LogP contribution in [0, 0.1) is 6.92 Å². The minimum atomic E-state index is 0.556. The minimum Gasteiger partial charge on any atom is -0.493 e. The van der Waals surface area contributed by atoms with Gasteiger partial charge in [0.05, 0.1) is 12.8 Å². The lowest BCUT2D eigenvalue weighted by Gasteiger charge is -2.20. The van der Waals surface area contributed by atoms with E-state index in [2.05, 4.69) is 34.5 Å². The van der Waals surface area contributed by atoms with Gasteiger partial charge in [-0.05, 0) is 42.6 Å². The number of methoxy groups -OCH3 is 1. The van der Waals surface area contributed by atoms with Crippen molar-refractivity contribution in [3.63, 3.8) is 0 Å². The summed E-state index contributed by atoms with van der Waals surface area (Å²) in [5.74, 6) is 2.36. The molecule has 0 atom stereocenters. The molecular formula is C20H24N2O3S. The summed E-state index contributed by atoms with van der Waals surface area (Å²) in [5.41, 5.74) is 2.12. The highest BCUT2D eigenvalue weighted by Gasteiger charge is 2.11. The molecule has 6 heteroatoms. The lowest BCUT2D eigenvalue weighted by molar-refractivity contribution is 0.259. The first-order valence-corrected chi connectivity index (χ1v) is 9.52. The van der Waals surface area contributed by atoms with Crippen molar-refractivity contribution in [1.29, 1.82) is 0 Å². The topological polar surface area (TPSA) is 47.7 Å². The van der Waals surface area contributed by atoms with Crippen LogP contribution in [0.15, 0.2) is 46.3 Å². The molecule has 0 aliphatic carbocycles. The van der Waals surface area contributed by atoms with Gasteiger partial charge >= 0.3 is 0 Å². The molecule has 0 spiro atoms. The van der Waals surface area contributed by atoms with Crippen LogP contribution >= 0.6 is 11.3 Å². The molecule has 0 fully saturated rings. The highest BCUT2D eigenvalue weighted by Crippen LogP contribution is 2.30. The van der Waals surface area contributed by atoms with Gasteiger partial charge in [0.2, 0.25) is 0 Å². The van der Waals surface area contributed by atoms with Crippen molar-refractivity contribution >= 4 is 11.3 Å². The van der Waals surface area contributed by atoms with E-state index in [1.807, 2.05) is 31.2 Å². The number of benzene rings is 1. The summed E-state index contributed by atoms with van der Waals surface area (Å²) in [5, 5.41) is 6.13. The number of hydrogen-bond acceptors (Lipinski definition) is 6. The van der Waals surface area contributed by atoms with Crippen LogP contribution in [0.1, 0.15) is 28.8 Å². The van der Waals surface area contributed by atoms with E-state index in [9.17, 15) is 0 Å². The Hall–Kier alpha value is -2.31. The van der Waals surface area contributed by atoms with Crippen molar-refractivity contribution in [1.82, 2.24) is 10.1 Å². The smallest absolute Gasteiger partial charge is 0.161 e. The predicted octanol–water partition coefficient (Wildman–Crippen LogP) is 4.65. The Kier molecular flexibility index (Phi) is 6.30. The number of rotatable bonds is 9. The zero-order valence-electron chi connectivity index (χ0n) is 15.4. The number of thiophene rings is 1. The summed E-state index contributed by atoms with van der Waals surface area (Å²) >= 11 is 1.69. The van der Waals surface area contributed by atoms with E-state index in [1.54, 1.807) is 18.4 Å². The second-order valence-electron chi connectivity index (χ2n) is 6.09. The summed E-state index contributed by atoms with van der Waals surface area (Å²) in [6.45, 7) is 7.09. The zero-order valence-corrected chi connectivity index (χ0v) is 16.2. The molecule has 2 heterocycles. The molecule has 0 amide bonds. The number of hydrogen-bond donors (Lipinski definition) is 0. The van der Waals surface area contributed by atoms with Crippen molar-refractivity contribution in [2.24, 2.45) is 0 Å². The fourth-order valence-electron chi connectivity index (χ4n) is 2.73. The third-order valence-corrected chi connectivity index (χ3v) is 4.94. The minimum absolute atomic E-state index is 0.556. The van der Waals surface area contributed by atoms with Gasteiger partial charge in [0, 0.05) is 24.0 Å². The molecule has 26 heavy (non-hydrogen) atoms. The van der Waals surface area contributed by atoms with E-state index in [0.29, 0.717) is 6.61 Å². The first kappa shape index (κ1) is 18.5. The Morgan fingerprint density at radius 3 is 2.69 bits per heavy atom. The third kappa shape index (κ3) is 4.86. The van der Waals surface area contributed by atoms with Gasteiger partial charge in [0.15, 0.2) is 11.5 Å². The Morgan fingerprint density at radius 1 is 1.15 bits per heavy atom. The molecule has 5 nitrogen and oxygen atoms in total. The van der Waals surface area contributed by atoms with Crippen LogP contribution in [0.3, 0.4) is 0 Å². The van der Waals surface area contributed by atoms with Crippen molar-refractivity contribution in [2.75, 3.05) is 13.7 Å². The lowest BCUT2D eigenvalue weighted by Crippen LogP contribution is -2.22. The Balaban J connectivity index is 1.65. The fourth-order valence-corrected chi connectivity index (χ4v) is 3.35. The van der Waals surface area contributed by atoms with Crippen molar-refractivity contribution in [2.45, 2.75) is 33.5 Å². The average molecular weight is 372 g/mol. The maximum absolute atomic E-state index is 5.91. The fraction of sp³-hybridized carbons (Fsp3) is 0.350. The third-order valence-electron chi connectivity index (χ3n) is 4.09. The summed E-state index contributed by atoms with van der Waals surface area (Å²) in [6, 6.07) is 12.2. The highest BCUT2D eigenvalue weighted by molar-refractivity contribution is 7.09. The van der Waals surface area contributed by atoms with Gasteiger partial charge in [-0.15, -0.1) is 11.3 Å². The van der Waals surface area contributed by atoms with E-state index in [-0.39, 0.29) is 0 Å². The van der Waals surface area contributed by atoms with E-state index in [0.717, 1.165) is 42.6 Å². The number of aryl methyl sites for hydroxylation is 1. The summed E-state index contributed by atoms with van der Waals surface area (Å²) in [4.78, 5) is 3.49. The van der Waals surface area contributed by atoms with Crippen LogP contribution in [0.25, 0.3) is 0 Å². The molecule has 0 unspecified atom stereocenters. The molecule has 1 aromatic carbocycles. The number of aromatic nitrogens is 1. The molecule has 0 aliphatic heterocycles. The van der Waals surface area contributed by atoms with E-state index in [1.165, 1.54) is 10.4 Å². The summed E-state index contributed by atoms with van der Waals surface area (Å²) < 4.78 is 16.6. The Morgan fingerprint density at radius 2 is 2.04 bits per heavy atom. The maximum Gasteiger partial charge on any atom is 0.161 e. The van der Waals surface area contributed by atoms with Crippen LogP contribution in [0.2, 0.25) is 0 Å². The molecule has 2 aromatic heterocycles. The van der Waals surface area contributed by atoms with Gasteiger partial charge in [-0.1, -0.05) is 24.2 Å². The van der Waals surface area contributed by atoms with Crippen LogP contribution in [-0.4, -0.2) is 23.7 Å². The lowest BCUT2D eigenvalue weighted by atomic mass is 10.2. The van der Waals surface area contributed by atoms with Gasteiger partial charge in [-0.2, -0.15) is 0 Å². The molecule has 3 aromatic rings. The van der Waals surface area contributed by atoms with E-state index in [4.69, 9.17) is 14.0 Å². The van der Waals surface area contributed by atoms with E-state index < -0.39 is 0 Å². The van der Waals surface area contributed by atoms with Crippen LogP contribution in [-0.2, 0) is 19.7 Å². The normalized spacial score (nSPS) is 11.1.